The van der Waals surface area contributed by atoms with Crippen LogP contribution in [0, 0.1) is 13.8 Å². The fourth-order valence-electron chi connectivity index (χ4n) is 4.66. The van der Waals surface area contributed by atoms with Gasteiger partial charge in [-0.05, 0) is 136 Å². The summed E-state index contributed by atoms with van der Waals surface area (Å²) in [6.45, 7) is 28.4. The van der Waals surface area contributed by atoms with Crippen LogP contribution in [-0.4, -0.2) is 54.7 Å². The number of benzene rings is 2. The van der Waals surface area contributed by atoms with Gasteiger partial charge < -0.3 is 39.4 Å². The highest BCUT2D eigenvalue weighted by molar-refractivity contribution is 9.10. The van der Waals surface area contributed by atoms with E-state index in [4.69, 9.17) is 39.4 Å². The highest BCUT2D eigenvalue weighted by atomic mass is 79.9. The molecular weight excluding hydrogens is 621 g/mol. The average Bonchev–Trinajstić information content (AvgIpc) is 3.32. The van der Waals surface area contributed by atoms with E-state index in [9.17, 15) is 0 Å². The normalized spacial score (nSPS) is 23.5. The molecule has 0 unspecified atom stereocenters. The quantitative estimate of drug-likeness (QED) is 0.276. The van der Waals surface area contributed by atoms with Gasteiger partial charge in [0.1, 0.15) is 0 Å². The summed E-state index contributed by atoms with van der Waals surface area (Å²) < 4.78 is 36.9. The Kier molecular flexibility index (Phi) is 10.6. The molecule has 3 heterocycles. The fraction of sp³-hybridized carbons (Fsp3) is 0.625. The molecule has 8 nitrogen and oxygen atoms in total. The van der Waals surface area contributed by atoms with Gasteiger partial charge in [0, 0.05) is 21.3 Å². The van der Waals surface area contributed by atoms with Crippen LogP contribution in [-0.2, 0) is 27.9 Å². The number of nitrogen functional groups attached to an aromatic ring is 2. The molecular formula is C32H52B3BrN2O6. The summed E-state index contributed by atoms with van der Waals surface area (Å²) in [7, 11) is -1.33. The number of hydrogen-bond acceptors (Lipinski definition) is 8. The number of anilines is 2. The van der Waals surface area contributed by atoms with Gasteiger partial charge in [-0.1, -0.05) is 24.3 Å². The van der Waals surface area contributed by atoms with Crippen LogP contribution in [0.15, 0.2) is 40.9 Å². The van der Waals surface area contributed by atoms with E-state index in [1.54, 1.807) is 0 Å². The van der Waals surface area contributed by atoms with Gasteiger partial charge in [-0.3, -0.25) is 0 Å². The zero-order valence-corrected chi connectivity index (χ0v) is 30.8. The van der Waals surface area contributed by atoms with Crippen molar-refractivity contribution < 1.29 is 27.9 Å². The van der Waals surface area contributed by atoms with Gasteiger partial charge in [0.25, 0.3) is 0 Å². The molecule has 2 aromatic carbocycles. The highest BCUT2D eigenvalue weighted by Crippen LogP contribution is 2.43. The maximum atomic E-state index is 6.02. The van der Waals surface area contributed by atoms with E-state index in [2.05, 4.69) is 15.9 Å². The van der Waals surface area contributed by atoms with E-state index < -0.39 is 14.0 Å². The fourth-order valence-corrected chi connectivity index (χ4v) is 4.92. The van der Waals surface area contributed by atoms with Gasteiger partial charge in [-0.2, -0.15) is 0 Å². The molecule has 242 valence electrons. The van der Waals surface area contributed by atoms with E-state index in [-0.39, 0.29) is 40.7 Å². The first kappa shape index (κ1) is 36.9. The van der Waals surface area contributed by atoms with E-state index in [0.717, 1.165) is 26.9 Å². The van der Waals surface area contributed by atoms with Crippen molar-refractivity contribution in [2.24, 2.45) is 0 Å². The lowest BCUT2D eigenvalue weighted by Gasteiger charge is -2.32. The Balaban J connectivity index is 0.000000190. The van der Waals surface area contributed by atoms with Crippen molar-refractivity contribution >= 4 is 53.9 Å². The van der Waals surface area contributed by atoms with Crippen molar-refractivity contribution in [3.05, 3.63) is 52.0 Å². The van der Waals surface area contributed by atoms with Crippen LogP contribution >= 0.6 is 15.9 Å². The zero-order valence-electron chi connectivity index (χ0n) is 29.2. The molecule has 3 aliphatic rings. The summed E-state index contributed by atoms with van der Waals surface area (Å²) in [4.78, 5) is 0. The molecule has 0 radical (unpaired) electrons. The topological polar surface area (TPSA) is 107 Å². The van der Waals surface area contributed by atoms with Crippen LogP contribution in [0.25, 0.3) is 0 Å². The molecule has 0 bridgehead atoms. The smallest absolute Gasteiger partial charge is 0.405 e. The average molecular weight is 673 g/mol. The van der Waals surface area contributed by atoms with Crippen molar-refractivity contribution in [3.63, 3.8) is 0 Å². The molecule has 0 spiro atoms. The first-order valence-electron chi connectivity index (χ1n) is 15.3. The lowest BCUT2D eigenvalue weighted by Crippen LogP contribution is -2.41. The van der Waals surface area contributed by atoms with Gasteiger partial charge in [-0.25, -0.2) is 0 Å². The predicted octanol–water partition coefficient (Wildman–Crippen LogP) is 6.47. The summed E-state index contributed by atoms with van der Waals surface area (Å²) in [5.74, 6) is 0. The minimum absolute atomic E-state index is 0.327. The van der Waals surface area contributed by atoms with Crippen molar-refractivity contribution in [2.75, 3.05) is 11.5 Å². The second kappa shape index (κ2) is 12.6. The second-order valence-corrected chi connectivity index (χ2v) is 15.7. The van der Waals surface area contributed by atoms with E-state index >= 15 is 0 Å². The summed E-state index contributed by atoms with van der Waals surface area (Å²) in [5, 5.41) is 0. The molecule has 0 aromatic heterocycles. The third-order valence-electron chi connectivity index (χ3n) is 9.83. The minimum atomic E-state index is -0.476. The Morgan fingerprint density at radius 1 is 0.500 bits per heavy atom. The maximum Gasteiger partial charge on any atom is 0.497 e. The monoisotopic (exact) mass is 672 g/mol. The van der Waals surface area contributed by atoms with Crippen LogP contribution in [0.5, 0.6) is 0 Å². The SMILES string of the molecule is CC1(C)OB(B2OC(C)(C)C(C)(C)O2)OC1(C)C.Cc1cccc(N)c1B1OC(C)(C)C(C)(C)O1.Cc1cccc(N)c1Br. The Morgan fingerprint density at radius 3 is 1.14 bits per heavy atom. The third-order valence-corrected chi connectivity index (χ3v) is 10.9. The number of hydrogen-bond donors (Lipinski definition) is 2. The number of aryl methyl sites for hydroxylation is 2. The summed E-state index contributed by atoms with van der Waals surface area (Å²) >= 11 is 3.35. The lowest BCUT2D eigenvalue weighted by molar-refractivity contribution is 0.00578. The first-order valence-corrected chi connectivity index (χ1v) is 16.1. The molecule has 4 N–H and O–H groups in total. The second-order valence-electron chi connectivity index (χ2n) is 14.9. The Morgan fingerprint density at radius 2 is 0.818 bits per heavy atom. The molecule has 3 saturated heterocycles. The standard InChI is InChI=1S/C13H20BNO2.C12H24B2O4.C7H8BrN/c1-9-7-6-8-10(15)11(9)14-16-12(2,3)13(4,5)17-14;1-9(2)10(3,4)16-13(15-9)14-17-11(5,6)12(7,8)18-14;1-5-3-2-4-6(9)7(5)8/h6-8H,15H2,1-5H3;1-8H3;2-4H,9H2,1H3. The highest BCUT2D eigenvalue weighted by Gasteiger charge is 2.63. The molecule has 12 heteroatoms. The Labute approximate surface area is 275 Å². The van der Waals surface area contributed by atoms with Crippen LogP contribution in [0.3, 0.4) is 0 Å². The molecule has 0 atom stereocenters. The zero-order chi connectivity index (χ0) is 33.7. The van der Waals surface area contributed by atoms with Crippen LogP contribution in [0.2, 0.25) is 0 Å². The molecule has 3 fully saturated rings. The summed E-state index contributed by atoms with van der Waals surface area (Å²) in [6.07, 6.45) is 0. The molecule has 0 aliphatic carbocycles. The Bertz CT molecular complexity index is 1210. The molecule has 3 aliphatic heterocycles. The molecule has 44 heavy (non-hydrogen) atoms. The van der Waals surface area contributed by atoms with E-state index in [1.165, 1.54) is 5.56 Å². The third kappa shape index (κ3) is 7.54. The van der Waals surface area contributed by atoms with Crippen LogP contribution < -0.4 is 16.9 Å². The van der Waals surface area contributed by atoms with Crippen molar-refractivity contribution in [1.82, 2.24) is 0 Å². The number of rotatable bonds is 2. The van der Waals surface area contributed by atoms with Gasteiger partial charge in [-0.15, -0.1) is 0 Å². The largest absolute Gasteiger partial charge is 0.497 e. The van der Waals surface area contributed by atoms with Gasteiger partial charge in [0.2, 0.25) is 0 Å². The van der Waals surface area contributed by atoms with Crippen LogP contribution in [0.4, 0.5) is 11.4 Å². The summed E-state index contributed by atoms with van der Waals surface area (Å²) in [6, 6.07) is 11.7. The number of nitrogens with two attached hydrogens (primary N) is 2. The van der Waals surface area contributed by atoms with Crippen molar-refractivity contribution in [3.8, 4) is 0 Å². The lowest BCUT2D eigenvalue weighted by atomic mass is 9.49. The molecule has 0 saturated carbocycles. The van der Waals surface area contributed by atoms with E-state index in [0.29, 0.717) is 0 Å². The van der Waals surface area contributed by atoms with Crippen molar-refractivity contribution in [1.29, 1.82) is 0 Å². The van der Waals surface area contributed by atoms with Crippen LogP contribution in [0.1, 0.15) is 94.2 Å². The predicted molar refractivity (Wildman–Crippen MR) is 187 cm³/mol. The summed E-state index contributed by atoms with van der Waals surface area (Å²) in [5.41, 5.74) is 14.3. The maximum absolute atomic E-state index is 6.02. The van der Waals surface area contributed by atoms with Crippen molar-refractivity contribution in [2.45, 2.75) is 131 Å². The molecule has 0 amide bonds. The first-order chi connectivity index (χ1) is 19.8. The minimum Gasteiger partial charge on any atom is -0.405 e. The Hall–Kier alpha value is -1.53. The molecule has 2 aromatic rings. The van der Waals surface area contributed by atoms with E-state index in [1.807, 2.05) is 133 Å². The van der Waals surface area contributed by atoms with Gasteiger partial charge in [0.05, 0.1) is 33.6 Å². The van der Waals surface area contributed by atoms with Gasteiger partial charge in [0.15, 0.2) is 0 Å². The van der Waals surface area contributed by atoms with Gasteiger partial charge >= 0.3 is 21.1 Å². The molecule has 5 rings (SSSR count). The number of halogens is 1.